The first-order valence-corrected chi connectivity index (χ1v) is 11.9. The number of sulfonamides is 1. The molecular formula is C22H18N4O4S2. The first-order chi connectivity index (χ1) is 15.3. The van der Waals surface area contributed by atoms with Gasteiger partial charge in [-0.05, 0) is 23.8 Å². The van der Waals surface area contributed by atoms with Gasteiger partial charge in [0.05, 0.1) is 15.5 Å². The molecule has 1 heterocycles. The largest absolute Gasteiger partial charge is 0.375 e. The second-order valence-electron chi connectivity index (χ2n) is 6.94. The van der Waals surface area contributed by atoms with Gasteiger partial charge in [0.25, 0.3) is 5.69 Å². The van der Waals surface area contributed by atoms with Crippen LogP contribution in [0.4, 0.5) is 11.4 Å². The number of benzene rings is 3. The number of thiazole rings is 1. The molecule has 0 bridgehead atoms. The summed E-state index contributed by atoms with van der Waals surface area (Å²) in [6.45, 7) is 0.306. The number of primary sulfonamides is 1. The minimum absolute atomic E-state index is 0.202. The van der Waals surface area contributed by atoms with Crippen LogP contribution >= 0.6 is 11.3 Å². The van der Waals surface area contributed by atoms with E-state index in [9.17, 15) is 18.5 Å². The van der Waals surface area contributed by atoms with Crippen molar-refractivity contribution in [3.05, 3.63) is 93.9 Å². The smallest absolute Gasteiger partial charge is 0.293 e. The van der Waals surface area contributed by atoms with Crippen molar-refractivity contribution < 1.29 is 13.3 Å². The lowest BCUT2D eigenvalue weighted by atomic mass is 10.1. The minimum Gasteiger partial charge on any atom is -0.375 e. The summed E-state index contributed by atoms with van der Waals surface area (Å²) in [5, 5.41) is 22.4. The van der Waals surface area contributed by atoms with Crippen LogP contribution in [0.5, 0.6) is 0 Å². The van der Waals surface area contributed by atoms with Crippen LogP contribution in [0.15, 0.2) is 83.1 Å². The quantitative estimate of drug-likeness (QED) is 0.301. The van der Waals surface area contributed by atoms with Gasteiger partial charge in [-0.1, -0.05) is 48.5 Å². The number of nitrogens with one attached hydrogen (secondary N) is 1. The predicted octanol–water partition coefficient (Wildman–Crippen LogP) is 4.64. The number of aromatic nitrogens is 1. The average molecular weight is 467 g/mol. The van der Waals surface area contributed by atoms with E-state index in [2.05, 4.69) is 5.32 Å². The highest BCUT2D eigenvalue weighted by molar-refractivity contribution is 7.89. The van der Waals surface area contributed by atoms with Gasteiger partial charge in [-0.15, -0.1) is 11.3 Å². The standard InChI is InChI=1S/C22H18N4O4S2/c23-32(29,30)18-9-10-19(21(12-18)26(27)28)24-13-15-5-4-8-17(11-15)22-25-20(14-31-22)16-6-2-1-3-7-16/h1-12,14,24H,13H2,(H2,23,29,30). The molecule has 0 atom stereocenters. The maximum absolute atomic E-state index is 11.5. The highest BCUT2D eigenvalue weighted by Gasteiger charge is 2.19. The topological polar surface area (TPSA) is 128 Å². The summed E-state index contributed by atoms with van der Waals surface area (Å²) in [5.41, 5.74) is 3.62. The first-order valence-electron chi connectivity index (χ1n) is 9.46. The molecule has 0 radical (unpaired) electrons. The third-order valence-corrected chi connectivity index (χ3v) is 6.53. The molecule has 4 aromatic rings. The normalized spacial score (nSPS) is 11.3. The van der Waals surface area contributed by atoms with Crippen molar-refractivity contribution in [3.8, 4) is 21.8 Å². The molecule has 32 heavy (non-hydrogen) atoms. The van der Waals surface area contributed by atoms with Gasteiger partial charge in [-0.25, -0.2) is 18.5 Å². The zero-order chi connectivity index (χ0) is 22.7. The first kappa shape index (κ1) is 21.6. The van der Waals surface area contributed by atoms with E-state index in [4.69, 9.17) is 10.1 Å². The molecule has 0 amide bonds. The van der Waals surface area contributed by atoms with Crippen LogP contribution in [-0.4, -0.2) is 18.3 Å². The van der Waals surface area contributed by atoms with Gasteiger partial charge in [-0.3, -0.25) is 10.1 Å². The summed E-state index contributed by atoms with van der Waals surface area (Å²) in [6, 6.07) is 21.2. The van der Waals surface area contributed by atoms with Gasteiger partial charge in [-0.2, -0.15) is 0 Å². The Morgan fingerprint density at radius 1 is 1.00 bits per heavy atom. The number of hydrogen-bond donors (Lipinski definition) is 2. The zero-order valence-corrected chi connectivity index (χ0v) is 18.3. The number of rotatable bonds is 7. The maximum Gasteiger partial charge on any atom is 0.293 e. The van der Waals surface area contributed by atoms with E-state index in [0.29, 0.717) is 6.54 Å². The minimum atomic E-state index is -4.04. The van der Waals surface area contributed by atoms with E-state index in [1.54, 1.807) is 11.3 Å². The predicted molar refractivity (Wildman–Crippen MR) is 125 cm³/mol. The summed E-state index contributed by atoms with van der Waals surface area (Å²) in [5.74, 6) is 0. The number of anilines is 1. The van der Waals surface area contributed by atoms with Gasteiger partial charge in [0.15, 0.2) is 0 Å². The number of nitro groups is 1. The Bertz CT molecular complexity index is 1390. The molecule has 0 saturated heterocycles. The van der Waals surface area contributed by atoms with Crippen molar-refractivity contribution in [1.29, 1.82) is 0 Å². The third kappa shape index (κ3) is 4.83. The molecule has 0 aliphatic carbocycles. The van der Waals surface area contributed by atoms with Gasteiger partial charge >= 0.3 is 0 Å². The lowest BCUT2D eigenvalue weighted by Crippen LogP contribution is -2.13. The number of hydrogen-bond acceptors (Lipinski definition) is 7. The van der Waals surface area contributed by atoms with Crippen molar-refractivity contribution in [2.24, 2.45) is 5.14 Å². The monoisotopic (exact) mass is 466 g/mol. The molecule has 0 spiro atoms. The molecule has 3 N–H and O–H groups in total. The van der Waals surface area contributed by atoms with E-state index in [0.717, 1.165) is 33.5 Å². The highest BCUT2D eigenvalue weighted by atomic mass is 32.2. The van der Waals surface area contributed by atoms with Crippen LogP contribution in [0, 0.1) is 10.1 Å². The van der Waals surface area contributed by atoms with Crippen LogP contribution in [0.1, 0.15) is 5.56 Å². The molecule has 162 valence electrons. The Kier molecular flexibility index (Phi) is 5.99. The Balaban J connectivity index is 1.54. The van der Waals surface area contributed by atoms with Crippen molar-refractivity contribution in [1.82, 2.24) is 4.98 Å². The Morgan fingerprint density at radius 2 is 1.75 bits per heavy atom. The molecule has 1 aromatic heterocycles. The van der Waals surface area contributed by atoms with Gasteiger partial charge < -0.3 is 5.32 Å². The SMILES string of the molecule is NS(=O)(=O)c1ccc(NCc2cccc(-c3nc(-c4ccccc4)cs3)c2)c([N+](=O)[O-])c1. The highest BCUT2D eigenvalue weighted by Crippen LogP contribution is 2.30. The van der Waals surface area contributed by atoms with Crippen LogP contribution in [0.25, 0.3) is 21.8 Å². The number of nitro benzene ring substituents is 1. The fourth-order valence-corrected chi connectivity index (χ4v) is 4.51. The maximum atomic E-state index is 11.5. The molecule has 0 unspecified atom stereocenters. The van der Waals surface area contributed by atoms with Crippen molar-refractivity contribution >= 4 is 32.7 Å². The molecular weight excluding hydrogens is 448 g/mol. The molecule has 0 aliphatic heterocycles. The molecule has 0 fully saturated rings. The zero-order valence-electron chi connectivity index (χ0n) is 16.6. The molecule has 4 rings (SSSR count). The summed E-state index contributed by atoms with van der Waals surface area (Å²) in [4.78, 5) is 15.2. The number of nitrogens with two attached hydrogens (primary N) is 1. The Morgan fingerprint density at radius 3 is 2.47 bits per heavy atom. The molecule has 10 heteroatoms. The van der Waals surface area contributed by atoms with Crippen LogP contribution < -0.4 is 10.5 Å². The van der Waals surface area contributed by atoms with E-state index >= 15 is 0 Å². The second-order valence-corrected chi connectivity index (χ2v) is 9.36. The number of nitrogens with zero attached hydrogens (tertiary/aromatic N) is 2. The molecule has 3 aromatic carbocycles. The van der Waals surface area contributed by atoms with Crippen LogP contribution in [0.3, 0.4) is 0 Å². The van der Waals surface area contributed by atoms with Crippen LogP contribution in [-0.2, 0) is 16.6 Å². The summed E-state index contributed by atoms with van der Waals surface area (Å²) < 4.78 is 23.0. The second kappa shape index (κ2) is 8.87. The summed E-state index contributed by atoms with van der Waals surface area (Å²) in [7, 11) is -4.04. The fourth-order valence-electron chi connectivity index (χ4n) is 3.15. The van der Waals surface area contributed by atoms with E-state index in [-0.39, 0.29) is 16.3 Å². The molecule has 0 saturated carbocycles. The van der Waals surface area contributed by atoms with Crippen molar-refractivity contribution in [2.45, 2.75) is 11.4 Å². The third-order valence-electron chi connectivity index (χ3n) is 4.73. The van der Waals surface area contributed by atoms with Gasteiger partial charge in [0.1, 0.15) is 10.7 Å². The summed E-state index contributed by atoms with van der Waals surface area (Å²) in [6.07, 6.45) is 0. The lowest BCUT2D eigenvalue weighted by Gasteiger charge is -2.09. The van der Waals surface area contributed by atoms with Crippen LogP contribution in [0.2, 0.25) is 0 Å². The van der Waals surface area contributed by atoms with E-state index < -0.39 is 14.9 Å². The summed E-state index contributed by atoms with van der Waals surface area (Å²) >= 11 is 1.54. The lowest BCUT2D eigenvalue weighted by molar-refractivity contribution is -0.384. The van der Waals surface area contributed by atoms with E-state index in [1.807, 2.05) is 60.0 Å². The van der Waals surface area contributed by atoms with E-state index in [1.165, 1.54) is 12.1 Å². The molecule has 0 aliphatic rings. The fraction of sp³-hybridized carbons (Fsp3) is 0.0455. The van der Waals surface area contributed by atoms with Crippen molar-refractivity contribution in [3.63, 3.8) is 0 Å². The average Bonchev–Trinajstić information content (AvgIpc) is 3.28. The molecule has 8 nitrogen and oxygen atoms in total. The Hall–Kier alpha value is -3.60. The van der Waals surface area contributed by atoms with Crippen molar-refractivity contribution in [2.75, 3.05) is 5.32 Å². The van der Waals surface area contributed by atoms with Gasteiger partial charge in [0.2, 0.25) is 10.0 Å². The van der Waals surface area contributed by atoms with Gasteiger partial charge in [0, 0.05) is 29.1 Å². The Labute approximate surface area is 188 Å².